The van der Waals surface area contributed by atoms with Gasteiger partial charge in [-0.15, -0.1) is 0 Å². The molecule has 1 saturated heterocycles. The lowest BCUT2D eigenvalue weighted by atomic mass is 10.0. The van der Waals surface area contributed by atoms with Crippen molar-refractivity contribution in [2.24, 2.45) is 0 Å². The second kappa shape index (κ2) is 15.4. The molecule has 1 unspecified atom stereocenters. The quantitative estimate of drug-likeness (QED) is 0.250. The number of piperazine rings is 1. The van der Waals surface area contributed by atoms with Gasteiger partial charge < -0.3 is 25.8 Å². The molecule has 0 aromatic heterocycles. The third-order valence-corrected chi connectivity index (χ3v) is 8.10. The highest BCUT2D eigenvalue weighted by Crippen LogP contribution is 2.25. The van der Waals surface area contributed by atoms with Crippen LogP contribution in [0.15, 0.2) is 66.7 Å². The maximum absolute atomic E-state index is 14.1. The van der Waals surface area contributed by atoms with E-state index < -0.39 is 12.1 Å². The normalized spacial score (nSPS) is 14.9. The number of carbonyl (C=O) groups is 2. The van der Waals surface area contributed by atoms with Gasteiger partial charge in [0.2, 0.25) is 5.91 Å². The molecule has 7 nitrogen and oxygen atoms in total. The first kappa shape index (κ1) is 32.6. The van der Waals surface area contributed by atoms with E-state index in [1.165, 1.54) is 11.6 Å². The number of carbonyl (C=O) groups excluding carboxylic acids is 2. The van der Waals surface area contributed by atoms with Crippen molar-refractivity contribution < 1.29 is 14.0 Å². The van der Waals surface area contributed by atoms with Gasteiger partial charge in [-0.2, -0.15) is 0 Å². The summed E-state index contributed by atoms with van der Waals surface area (Å²) in [5.41, 5.74) is 3.71. The summed E-state index contributed by atoms with van der Waals surface area (Å²) in [6.45, 7) is 8.65. The third-order valence-electron chi connectivity index (χ3n) is 7.51. The van der Waals surface area contributed by atoms with Crippen LogP contribution >= 0.6 is 23.2 Å². The lowest BCUT2D eigenvalue weighted by Crippen LogP contribution is -2.57. The number of urea groups is 1. The minimum Gasteiger partial charge on any atom is -0.368 e. The zero-order chi connectivity index (χ0) is 30.9. The van der Waals surface area contributed by atoms with Crippen LogP contribution in [0.2, 0.25) is 10.0 Å². The van der Waals surface area contributed by atoms with Crippen molar-refractivity contribution in [3.05, 3.63) is 99.3 Å². The highest BCUT2D eigenvalue weighted by Gasteiger charge is 2.30. The van der Waals surface area contributed by atoms with Crippen LogP contribution in [0.5, 0.6) is 0 Å². The summed E-state index contributed by atoms with van der Waals surface area (Å²) in [5, 5.41) is 10.1. The molecule has 1 aliphatic heterocycles. The van der Waals surface area contributed by atoms with Crippen molar-refractivity contribution in [2.45, 2.75) is 58.3 Å². The fourth-order valence-electron chi connectivity index (χ4n) is 5.28. The van der Waals surface area contributed by atoms with Gasteiger partial charge in [-0.25, -0.2) is 9.18 Å². The van der Waals surface area contributed by atoms with Gasteiger partial charge in [0, 0.05) is 72.5 Å². The highest BCUT2D eigenvalue weighted by molar-refractivity contribution is 6.35. The molecular formula is C33H40Cl2FN5O2. The first-order valence-electron chi connectivity index (χ1n) is 14.7. The Morgan fingerprint density at radius 3 is 2.19 bits per heavy atom. The van der Waals surface area contributed by atoms with Gasteiger partial charge in [-0.05, 0) is 62.6 Å². The van der Waals surface area contributed by atoms with Crippen molar-refractivity contribution >= 4 is 40.8 Å². The van der Waals surface area contributed by atoms with Crippen molar-refractivity contribution in [3.63, 3.8) is 0 Å². The van der Waals surface area contributed by atoms with Crippen molar-refractivity contribution in [2.75, 3.05) is 31.1 Å². The van der Waals surface area contributed by atoms with E-state index in [2.05, 4.69) is 39.9 Å². The zero-order valence-electron chi connectivity index (χ0n) is 24.9. The van der Waals surface area contributed by atoms with Gasteiger partial charge in [-0.3, -0.25) is 4.79 Å². The lowest BCUT2D eigenvalue weighted by Gasteiger charge is -2.38. The number of para-hydroxylation sites is 1. The van der Waals surface area contributed by atoms with Crippen LogP contribution in [0, 0.1) is 5.82 Å². The molecule has 2 atom stereocenters. The molecule has 0 saturated carbocycles. The van der Waals surface area contributed by atoms with Crippen LogP contribution in [-0.2, 0) is 24.2 Å². The molecule has 4 rings (SSSR count). The fraction of sp³-hybridized carbons (Fsp3) is 0.394. The number of hydrogen-bond donors (Lipinski definition) is 3. The maximum Gasteiger partial charge on any atom is 0.315 e. The lowest BCUT2D eigenvalue weighted by molar-refractivity contribution is -0.133. The van der Waals surface area contributed by atoms with Gasteiger partial charge >= 0.3 is 6.03 Å². The molecule has 1 fully saturated rings. The van der Waals surface area contributed by atoms with E-state index in [-0.39, 0.29) is 30.2 Å². The Kier molecular flexibility index (Phi) is 11.7. The van der Waals surface area contributed by atoms with Crippen molar-refractivity contribution in [3.8, 4) is 0 Å². The predicted octanol–water partition coefficient (Wildman–Crippen LogP) is 5.82. The molecule has 0 radical (unpaired) electrons. The van der Waals surface area contributed by atoms with E-state index in [0.29, 0.717) is 48.3 Å². The molecule has 3 N–H and O–H groups in total. The molecule has 3 aromatic rings. The Hall–Kier alpha value is -3.33. The first-order chi connectivity index (χ1) is 20.6. The second-order valence-electron chi connectivity index (χ2n) is 11.3. The van der Waals surface area contributed by atoms with Gasteiger partial charge in [0.1, 0.15) is 11.9 Å². The van der Waals surface area contributed by atoms with E-state index in [4.69, 9.17) is 23.2 Å². The third kappa shape index (κ3) is 9.33. The SMILES string of the molecule is CC(C)NC(=O)N[C@H](Cc1ccc(Cl)cc1Cl)C(=O)N1CCN(c2ccccc2CC(C)NCc2ccccc2F)CC1. The van der Waals surface area contributed by atoms with E-state index in [9.17, 15) is 14.0 Å². The molecule has 3 aromatic carbocycles. The maximum atomic E-state index is 14.1. The molecule has 1 heterocycles. The monoisotopic (exact) mass is 627 g/mol. The summed E-state index contributed by atoms with van der Waals surface area (Å²) in [7, 11) is 0. The van der Waals surface area contributed by atoms with Crippen molar-refractivity contribution in [1.82, 2.24) is 20.9 Å². The van der Waals surface area contributed by atoms with Gasteiger partial charge in [-0.1, -0.05) is 65.7 Å². The molecule has 0 aliphatic carbocycles. The van der Waals surface area contributed by atoms with E-state index in [1.54, 1.807) is 30.3 Å². The number of hydrogen-bond acceptors (Lipinski definition) is 4. The molecule has 3 amide bonds. The molecule has 0 spiro atoms. The summed E-state index contributed by atoms with van der Waals surface area (Å²) in [5.74, 6) is -0.354. The van der Waals surface area contributed by atoms with Gasteiger partial charge in [0.15, 0.2) is 0 Å². The van der Waals surface area contributed by atoms with Crippen LogP contribution in [-0.4, -0.2) is 61.1 Å². The number of anilines is 1. The number of amides is 3. The van der Waals surface area contributed by atoms with Crippen LogP contribution < -0.4 is 20.9 Å². The Morgan fingerprint density at radius 2 is 1.51 bits per heavy atom. The van der Waals surface area contributed by atoms with E-state index in [0.717, 1.165) is 17.7 Å². The average Bonchev–Trinajstić information content (AvgIpc) is 2.97. The second-order valence-corrected chi connectivity index (χ2v) is 12.1. The molecule has 43 heavy (non-hydrogen) atoms. The van der Waals surface area contributed by atoms with E-state index in [1.807, 2.05) is 36.9 Å². The summed E-state index contributed by atoms with van der Waals surface area (Å²) in [6.07, 6.45) is 1.03. The summed E-state index contributed by atoms with van der Waals surface area (Å²) < 4.78 is 14.1. The molecule has 230 valence electrons. The molecule has 10 heteroatoms. The number of nitrogens with one attached hydrogen (secondary N) is 3. The average molecular weight is 629 g/mol. The van der Waals surface area contributed by atoms with Crippen LogP contribution in [0.3, 0.4) is 0 Å². The number of halogens is 3. The first-order valence-corrected chi connectivity index (χ1v) is 15.5. The topological polar surface area (TPSA) is 76.7 Å². The summed E-state index contributed by atoms with van der Waals surface area (Å²) >= 11 is 12.5. The number of rotatable bonds is 11. The minimum atomic E-state index is -0.780. The zero-order valence-corrected chi connectivity index (χ0v) is 26.4. The largest absolute Gasteiger partial charge is 0.368 e. The Morgan fingerprint density at radius 1 is 0.837 bits per heavy atom. The summed E-state index contributed by atoms with van der Waals surface area (Å²) in [6, 6.07) is 19.1. The van der Waals surface area contributed by atoms with Crippen LogP contribution in [0.25, 0.3) is 0 Å². The van der Waals surface area contributed by atoms with E-state index >= 15 is 0 Å². The molecular weight excluding hydrogens is 588 g/mol. The van der Waals surface area contributed by atoms with Crippen molar-refractivity contribution in [1.29, 1.82) is 0 Å². The standard InChI is InChI=1S/C33H40Cl2FN5O2/c1-22(2)38-33(43)39-30(19-24-12-13-27(34)20-28(24)35)32(42)41-16-14-40(15-17-41)31-11-7-5-8-25(31)18-23(3)37-21-26-9-4-6-10-29(26)36/h4-13,20,22-23,30,37H,14-19,21H2,1-3H3,(H2,38,39,43)/t23?,30-/m1/s1. The number of benzene rings is 3. The number of nitrogens with zero attached hydrogens (tertiary/aromatic N) is 2. The molecule has 0 bridgehead atoms. The van der Waals surface area contributed by atoms with Gasteiger partial charge in [0.05, 0.1) is 0 Å². The minimum absolute atomic E-state index is 0.0732. The highest BCUT2D eigenvalue weighted by atomic mass is 35.5. The summed E-state index contributed by atoms with van der Waals surface area (Å²) in [4.78, 5) is 30.4. The van der Waals surface area contributed by atoms with Crippen LogP contribution in [0.4, 0.5) is 14.9 Å². The van der Waals surface area contributed by atoms with Gasteiger partial charge in [0.25, 0.3) is 0 Å². The molecule has 1 aliphatic rings. The van der Waals surface area contributed by atoms with Crippen LogP contribution in [0.1, 0.15) is 37.5 Å². The Balaban J connectivity index is 1.39. The smallest absolute Gasteiger partial charge is 0.315 e. The predicted molar refractivity (Wildman–Crippen MR) is 172 cm³/mol. The fourth-order valence-corrected chi connectivity index (χ4v) is 5.76. The Bertz CT molecular complexity index is 1400. The Labute approximate surface area is 263 Å².